The number of methoxy groups -OCH3 is 1. The van der Waals surface area contributed by atoms with E-state index in [4.69, 9.17) is 9.47 Å². The van der Waals surface area contributed by atoms with Crippen molar-refractivity contribution >= 4 is 17.9 Å². The van der Waals surface area contributed by atoms with Gasteiger partial charge in [-0.3, -0.25) is 9.59 Å². The van der Waals surface area contributed by atoms with Crippen molar-refractivity contribution in [3.05, 3.63) is 47.5 Å². The van der Waals surface area contributed by atoms with Crippen molar-refractivity contribution in [3.8, 4) is 17.2 Å². The highest BCUT2D eigenvalue weighted by atomic mass is 16.5. The van der Waals surface area contributed by atoms with E-state index in [2.05, 4.69) is 5.32 Å². The highest BCUT2D eigenvalue weighted by Crippen LogP contribution is 2.39. The molecule has 0 saturated carbocycles. The quantitative estimate of drug-likeness (QED) is 0.851. The van der Waals surface area contributed by atoms with Gasteiger partial charge in [-0.2, -0.15) is 0 Å². The lowest BCUT2D eigenvalue weighted by atomic mass is 10.1. The van der Waals surface area contributed by atoms with E-state index in [1.165, 1.54) is 7.11 Å². The summed E-state index contributed by atoms with van der Waals surface area (Å²) >= 11 is 0. The first-order chi connectivity index (χ1) is 9.74. The Hall–Kier alpha value is -2.82. The fraction of sp³-hybridized carbons (Fsp3) is 0.0667. The number of amides is 1. The van der Waals surface area contributed by atoms with Crippen LogP contribution >= 0.6 is 0 Å². The van der Waals surface area contributed by atoms with E-state index in [-0.39, 0.29) is 17.2 Å². The first-order valence-corrected chi connectivity index (χ1v) is 5.99. The smallest absolute Gasteiger partial charge is 0.259 e. The summed E-state index contributed by atoms with van der Waals surface area (Å²) in [6.07, 6.45) is 0.624. The van der Waals surface area contributed by atoms with Gasteiger partial charge in [0.2, 0.25) is 0 Å². The van der Waals surface area contributed by atoms with E-state index in [0.717, 1.165) is 0 Å². The molecule has 5 heteroatoms. The number of fused-ring (bicyclic) bond motifs is 2. The maximum atomic E-state index is 12.2. The number of carbonyl (C=O) groups is 2. The third kappa shape index (κ3) is 1.80. The summed E-state index contributed by atoms with van der Waals surface area (Å²) in [6.45, 7) is 0. The predicted molar refractivity (Wildman–Crippen MR) is 72.9 cm³/mol. The molecule has 1 N–H and O–H groups in total. The van der Waals surface area contributed by atoms with Gasteiger partial charge >= 0.3 is 0 Å². The Kier molecular flexibility index (Phi) is 2.87. The number of anilines is 1. The Morgan fingerprint density at radius 2 is 2.00 bits per heavy atom. The molecule has 0 fully saturated rings. The third-order valence-corrected chi connectivity index (χ3v) is 3.09. The highest BCUT2D eigenvalue weighted by molar-refractivity contribution is 6.09. The number of ether oxygens (including phenoxy) is 2. The number of hydrogen-bond donors (Lipinski definition) is 1. The standard InChI is InChI=1S/C15H11NO4/c1-19-12-7-6-9-14(10(12)8-17)20-13-5-3-2-4-11(13)16-15(9)18/h2-8H,1H3,(H,16,18). The van der Waals surface area contributed by atoms with Gasteiger partial charge in [-0.1, -0.05) is 12.1 Å². The number of para-hydroxylation sites is 2. The van der Waals surface area contributed by atoms with E-state index >= 15 is 0 Å². The average molecular weight is 269 g/mol. The van der Waals surface area contributed by atoms with Crippen molar-refractivity contribution in [2.45, 2.75) is 0 Å². The first kappa shape index (κ1) is 12.2. The molecule has 1 aliphatic rings. The van der Waals surface area contributed by atoms with Gasteiger partial charge in [-0.25, -0.2) is 0 Å². The summed E-state index contributed by atoms with van der Waals surface area (Å²) in [5.41, 5.74) is 1.07. The van der Waals surface area contributed by atoms with Gasteiger partial charge in [-0.15, -0.1) is 0 Å². The normalized spacial score (nSPS) is 12.3. The van der Waals surface area contributed by atoms with E-state index in [1.807, 2.05) is 0 Å². The first-order valence-electron chi connectivity index (χ1n) is 5.99. The van der Waals surface area contributed by atoms with Gasteiger partial charge in [-0.05, 0) is 24.3 Å². The molecule has 100 valence electrons. The van der Waals surface area contributed by atoms with Crippen molar-refractivity contribution in [2.24, 2.45) is 0 Å². The summed E-state index contributed by atoms with van der Waals surface area (Å²) in [4.78, 5) is 23.5. The lowest BCUT2D eigenvalue weighted by molar-refractivity contribution is 0.102. The number of carbonyl (C=O) groups excluding carboxylic acids is 2. The minimum absolute atomic E-state index is 0.210. The van der Waals surface area contributed by atoms with Crippen LogP contribution in [0.1, 0.15) is 20.7 Å². The molecule has 0 spiro atoms. The van der Waals surface area contributed by atoms with Crippen LogP contribution in [0.3, 0.4) is 0 Å². The van der Waals surface area contributed by atoms with Crippen molar-refractivity contribution in [2.75, 3.05) is 12.4 Å². The molecule has 0 unspecified atom stereocenters. The number of aldehydes is 1. The lowest BCUT2D eigenvalue weighted by Gasteiger charge is -2.12. The van der Waals surface area contributed by atoms with E-state index in [0.29, 0.717) is 29.0 Å². The molecule has 0 radical (unpaired) electrons. The number of rotatable bonds is 2. The molecule has 0 atom stereocenters. The van der Waals surface area contributed by atoms with Gasteiger partial charge in [0.15, 0.2) is 17.8 Å². The molecule has 0 aliphatic carbocycles. The summed E-state index contributed by atoms with van der Waals surface area (Å²) in [5, 5.41) is 2.75. The van der Waals surface area contributed by atoms with Gasteiger partial charge < -0.3 is 14.8 Å². The fourth-order valence-corrected chi connectivity index (χ4v) is 2.12. The molecular formula is C15H11NO4. The molecule has 1 aliphatic heterocycles. The summed E-state index contributed by atoms with van der Waals surface area (Å²) in [6, 6.07) is 10.2. The second-order valence-corrected chi connectivity index (χ2v) is 4.23. The van der Waals surface area contributed by atoms with E-state index in [1.54, 1.807) is 36.4 Å². The number of benzene rings is 2. The van der Waals surface area contributed by atoms with E-state index < -0.39 is 0 Å². The van der Waals surface area contributed by atoms with Crippen LogP contribution in [-0.2, 0) is 0 Å². The Balaban J connectivity index is 2.25. The Labute approximate surface area is 115 Å². The van der Waals surface area contributed by atoms with Crippen molar-refractivity contribution in [1.29, 1.82) is 0 Å². The zero-order valence-electron chi connectivity index (χ0n) is 10.7. The maximum absolute atomic E-state index is 12.2. The minimum atomic E-state index is -0.323. The van der Waals surface area contributed by atoms with Crippen LogP contribution in [0, 0.1) is 0 Å². The summed E-state index contributed by atoms with van der Waals surface area (Å²) < 4.78 is 10.9. The number of hydrogen-bond acceptors (Lipinski definition) is 4. The minimum Gasteiger partial charge on any atom is -0.496 e. The molecule has 2 aromatic carbocycles. The molecule has 5 nitrogen and oxygen atoms in total. The third-order valence-electron chi connectivity index (χ3n) is 3.09. The van der Waals surface area contributed by atoms with Crippen LogP contribution in [-0.4, -0.2) is 19.3 Å². The monoisotopic (exact) mass is 269 g/mol. The maximum Gasteiger partial charge on any atom is 0.259 e. The summed E-state index contributed by atoms with van der Waals surface area (Å²) in [7, 11) is 1.46. The number of nitrogens with one attached hydrogen (secondary N) is 1. The second-order valence-electron chi connectivity index (χ2n) is 4.23. The topological polar surface area (TPSA) is 64.6 Å². The molecule has 0 aromatic heterocycles. The van der Waals surface area contributed by atoms with Gasteiger partial charge in [0.05, 0.1) is 23.9 Å². The van der Waals surface area contributed by atoms with Crippen LogP contribution in [0.15, 0.2) is 36.4 Å². The zero-order valence-corrected chi connectivity index (χ0v) is 10.7. The lowest BCUT2D eigenvalue weighted by Crippen LogP contribution is -2.11. The van der Waals surface area contributed by atoms with Gasteiger partial charge in [0, 0.05) is 0 Å². The van der Waals surface area contributed by atoms with Crippen molar-refractivity contribution in [3.63, 3.8) is 0 Å². The Morgan fingerprint density at radius 1 is 1.20 bits per heavy atom. The largest absolute Gasteiger partial charge is 0.496 e. The molecule has 0 bridgehead atoms. The predicted octanol–water partition coefficient (Wildman–Crippen LogP) is 2.87. The SMILES string of the molecule is COc1ccc2c(c1C=O)Oc1ccccc1NC2=O. The molecule has 3 rings (SSSR count). The van der Waals surface area contributed by atoms with Crippen LogP contribution in [0.25, 0.3) is 0 Å². The van der Waals surface area contributed by atoms with Crippen LogP contribution in [0.2, 0.25) is 0 Å². The van der Waals surface area contributed by atoms with Crippen LogP contribution in [0.4, 0.5) is 5.69 Å². The zero-order chi connectivity index (χ0) is 14.1. The van der Waals surface area contributed by atoms with E-state index in [9.17, 15) is 9.59 Å². The Morgan fingerprint density at radius 3 is 2.75 bits per heavy atom. The summed E-state index contributed by atoms with van der Waals surface area (Å²) in [5.74, 6) is 0.736. The molecule has 2 aromatic rings. The van der Waals surface area contributed by atoms with Crippen molar-refractivity contribution < 1.29 is 19.1 Å². The van der Waals surface area contributed by atoms with Crippen LogP contribution in [0.5, 0.6) is 17.2 Å². The molecular weight excluding hydrogens is 258 g/mol. The van der Waals surface area contributed by atoms with Gasteiger partial charge in [0.1, 0.15) is 5.75 Å². The molecule has 0 saturated heterocycles. The average Bonchev–Trinajstić information content (AvgIpc) is 2.62. The fourth-order valence-electron chi connectivity index (χ4n) is 2.12. The molecule has 1 amide bonds. The van der Waals surface area contributed by atoms with Crippen LogP contribution < -0.4 is 14.8 Å². The highest BCUT2D eigenvalue weighted by Gasteiger charge is 2.25. The Bertz CT molecular complexity index is 709. The van der Waals surface area contributed by atoms with Gasteiger partial charge in [0.25, 0.3) is 5.91 Å². The second kappa shape index (κ2) is 4.70. The molecule has 20 heavy (non-hydrogen) atoms. The molecule has 1 heterocycles. The van der Waals surface area contributed by atoms with Crippen molar-refractivity contribution in [1.82, 2.24) is 0 Å².